The smallest absolute Gasteiger partial charge is 0.463 e. The highest BCUT2D eigenvalue weighted by Gasteiger charge is 2.58. The van der Waals surface area contributed by atoms with Gasteiger partial charge in [-0.25, -0.2) is 27.6 Å². The van der Waals surface area contributed by atoms with Crippen LogP contribution in [-0.2, 0) is 67.8 Å². The van der Waals surface area contributed by atoms with Crippen molar-refractivity contribution in [2.45, 2.75) is 88.5 Å². The third-order valence-corrected chi connectivity index (χ3v) is 12.1. The Morgan fingerprint density at radius 3 is 2.35 bits per heavy atom. The van der Waals surface area contributed by atoms with E-state index in [1.54, 1.807) is 14.1 Å². The van der Waals surface area contributed by atoms with Crippen LogP contribution in [0.5, 0.6) is 0 Å². The summed E-state index contributed by atoms with van der Waals surface area (Å²) in [7, 11) is -2.56. The molecule has 0 saturated carbocycles. The van der Waals surface area contributed by atoms with Gasteiger partial charge in [0.2, 0.25) is 6.29 Å². The van der Waals surface area contributed by atoms with Crippen LogP contribution in [0.1, 0.15) is 38.7 Å². The number of halogens is 2. The summed E-state index contributed by atoms with van der Waals surface area (Å²) in [5.41, 5.74) is 4.24. The number of aromatic nitrogens is 3. The quantitative estimate of drug-likeness (QED) is 0.117. The highest BCUT2D eigenvalue weighted by atomic mass is 32.5. The molecule has 4 rings (SSSR count). The molecule has 2 aromatic rings. The number of likely N-dealkylation sites (N-methyl/N-ethyl adjacent to an activating group) is 1. The van der Waals surface area contributed by atoms with Gasteiger partial charge in [-0.3, -0.25) is 18.9 Å². The molecular weight excluding hydrogens is 786 g/mol. The van der Waals surface area contributed by atoms with E-state index in [1.807, 2.05) is 0 Å². The molecule has 7 unspecified atom stereocenters. The number of phosphoric acid groups is 1. The molecule has 52 heavy (non-hydrogen) atoms. The van der Waals surface area contributed by atoms with Gasteiger partial charge in [0.1, 0.15) is 48.4 Å². The summed E-state index contributed by atoms with van der Waals surface area (Å²) in [5.74, 6) is -2.98. The molecule has 26 heteroatoms. The highest BCUT2D eigenvalue weighted by Crippen LogP contribution is 2.62. The van der Waals surface area contributed by atoms with Gasteiger partial charge in [-0.15, -0.1) is 0 Å². The Hall–Kier alpha value is -2.44. The SMILES string of the molecule is CC(=O)OC[C@H](F)C1OC(OP(=O)(O)OP(O)(=S)OC[C@H]2O[C@@H](c3snc4c(N)ncnc34)[C@](C)(F)[C@@H]2N(C)C)C(OC(C)=O)C(OC(C)=O)C1O. The molecule has 0 bridgehead atoms. The molecule has 0 radical (unpaired) electrons. The summed E-state index contributed by atoms with van der Waals surface area (Å²) < 4.78 is 90.1. The molecule has 292 valence electrons. The van der Waals surface area contributed by atoms with Gasteiger partial charge >= 0.3 is 32.4 Å². The molecule has 20 nitrogen and oxygen atoms in total. The Bertz CT molecular complexity index is 1740. The minimum absolute atomic E-state index is 0.0711. The fraction of sp³-hybridized carbons (Fsp3) is 0.692. The van der Waals surface area contributed by atoms with Crippen molar-refractivity contribution in [1.82, 2.24) is 19.2 Å². The molecule has 2 aliphatic heterocycles. The molecule has 0 amide bonds. The van der Waals surface area contributed by atoms with Crippen LogP contribution in [0.3, 0.4) is 0 Å². The number of rotatable bonds is 14. The van der Waals surface area contributed by atoms with Crippen molar-refractivity contribution in [2.24, 2.45) is 0 Å². The number of nitrogen functional groups attached to an aromatic ring is 1. The van der Waals surface area contributed by atoms with Crippen molar-refractivity contribution in [1.29, 1.82) is 0 Å². The number of ether oxygens (including phenoxy) is 5. The summed E-state index contributed by atoms with van der Waals surface area (Å²) >= 11 is 5.82. The number of fused-ring (bicyclic) bond motifs is 1. The first kappa shape index (κ1) is 42.3. The summed E-state index contributed by atoms with van der Waals surface area (Å²) in [4.78, 5) is 66.3. The van der Waals surface area contributed by atoms with E-state index in [2.05, 4.69) is 19.1 Å². The van der Waals surface area contributed by atoms with Gasteiger partial charge in [0, 0.05) is 20.8 Å². The molecular formula is C26H37F2N5O15P2S2. The predicted octanol–water partition coefficient (Wildman–Crippen LogP) is 0.984. The molecule has 5 N–H and O–H groups in total. The van der Waals surface area contributed by atoms with Crippen molar-refractivity contribution in [2.75, 3.05) is 33.0 Å². The normalized spacial score (nSPS) is 32.2. The van der Waals surface area contributed by atoms with Gasteiger partial charge in [-0.05, 0) is 44.4 Å². The fourth-order valence-electron chi connectivity index (χ4n) is 5.80. The Balaban J connectivity index is 1.53. The van der Waals surface area contributed by atoms with E-state index in [4.69, 9.17) is 49.8 Å². The van der Waals surface area contributed by atoms with Gasteiger partial charge in [-0.1, -0.05) is 0 Å². The maximum Gasteiger partial charge on any atom is 0.481 e. The van der Waals surface area contributed by atoms with Crippen molar-refractivity contribution >= 4 is 72.6 Å². The zero-order valence-electron chi connectivity index (χ0n) is 28.3. The molecule has 2 saturated heterocycles. The Labute approximate surface area is 303 Å². The first-order chi connectivity index (χ1) is 24.0. The van der Waals surface area contributed by atoms with E-state index in [0.29, 0.717) is 0 Å². The zero-order chi connectivity index (χ0) is 38.9. The van der Waals surface area contributed by atoms with E-state index < -0.39 is 106 Å². The first-order valence-corrected chi connectivity index (χ1v) is 19.9. The first-order valence-electron chi connectivity index (χ1n) is 15.1. The lowest BCUT2D eigenvalue weighted by Gasteiger charge is -2.43. The van der Waals surface area contributed by atoms with Crippen LogP contribution in [0.15, 0.2) is 6.33 Å². The maximum absolute atomic E-state index is 16.5. The van der Waals surface area contributed by atoms with Crippen molar-refractivity contribution in [3.05, 3.63) is 11.2 Å². The second-order valence-electron chi connectivity index (χ2n) is 12.0. The molecule has 2 aromatic heterocycles. The molecule has 0 aromatic carbocycles. The van der Waals surface area contributed by atoms with Crippen LogP contribution in [0.25, 0.3) is 11.0 Å². The Morgan fingerprint density at radius 1 is 1.12 bits per heavy atom. The van der Waals surface area contributed by atoms with Crippen molar-refractivity contribution < 1.29 is 79.7 Å². The molecule has 0 aliphatic carbocycles. The third kappa shape index (κ3) is 9.80. The highest BCUT2D eigenvalue weighted by molar-refractivity contribution is 8.08. The standard InChI is InChI=1S/C26H37F2N5O15P2S2/c1-10(34)41-7-13(27)18-17(37)19(43-11(2)35)20(44-12(3)36)25(46-18)47-49(38,39)48-50(40,51)42-8-14-22(33(5)6)26(4,28)23(45-14)21-15-16(32-52-21)24(29)31-9-30-15/h9,13-14,17-20,22-23,25,37H,7-8H2,1-6H3,(H,38,39)(H,40,51)(H2,29,30,31)/t13-,14+,17?,18?,19?,20?,22+,23-,25?,26+,50?/m0/s1. The number of aliphatic hydroxyl groups is 1. The number of nitrogens with zero attached hydrogens (tertiary/aromatic N) is 4. The summed E-state index contributed by atoms with van der Waals surface area (Å²) in [6, 6.07) is -1.07. The lowest BCUT2D eigenvalue weighted by Crippen LogP contribution is -2.63. The Kier molecular flexibility index (Phi) is 13.4. The minimum atomic E-state index is -5.67. The van der Waals surface area contributed by atoms with Crippen molar-refractivity contribution in [3.8, 4) is 0 Å². The number of hydrogen-bond acceptors (Lipinski definition) is 20. The fourth-order valence-corrected chi connectivity index (χ4v) is 9.88. The predicted molar refractivity (Wildman–Crippen MR) is 176 cm³/mol. The maximum atomic E-state index is 16.5. The third-order valence-electron chi connectivity index (χ3n) is 7.68. The number of hydrogen-bond donors (Lipinski definition) is 4. The number of phosphoric ester groups is 1. The van der Waals surface area contributed by atoms with Gasteiger partial charge in [0.05, 0.1) is 17.5 Å². The molecule has 2 fully saturated rings. The van der Waals surface area contributed by atoms with Crippen molar-refractivity contribution in [3.63, 3.8) is 0 Å². The number of esters is 3. The lowest BCUT2D eigenvalue weighted by molar-refractivity contribution is -0.293. The van der Waals surface area contributed by atoms with Crippen LogP contribution < -0.4 is 5.73 Å². The molecule has 4 heterocycles. The van der Waals surface area contributed by atoms with E-state index in [-0.39, 0.29) is 21.7 Å². The second-order valence-corrected chi connectivity index (χ2v) is 17.1. The summed E-state index contributed by atoms with van der Waals surface area (Å²) in [5, 5.41) is 10.8. The van der Waals surface area contributed by atoms with Crippen LogP contribution in [0.4, 0.5) is 14.6 Å². The Morgan fingerprint density at radius 2 is 1.75 bits per heavy atom. The van der Waals surface area contributed by atoms with Crippen LogP contribution in [0.2, 0.25) is 0 Å². The minimum Gasteiger partial charge on any atom is -0.463 e. The van der Waals surface area contributed by atoms with E-state index >= 15 is 8.78 Å². The topological polar surface area (TPSA) is 271 Å². The van der Waals surface area contributed by atoms with Gasteiger partial charge in [-0.2, -0.15) is 4.37 Å². The molecule has 12 atom stereocenters. The van der Waals surface area contributed by atoms with Gasteiger partial charge < -0.3 is 53.7 Å². The second kappa shape index (κ2) is 16.5. The van der Waals surface area contributed by atoms with Crippen LogP contribution in [-0.4, -0.2) is 134 Å². The van der Waals surface area contributed by atoms with E-state index in [0.717, 1.165) is 32.3 Å². The van der Waals surface area contributed by atoms with E-state index in [1.165, 1.54) is 18.2 Å². The number of aliphatic hydroxyl groups excluding tert-OH is 1. The monoisotopic (exact) mass is 823 g/mol. The van der Waals surface area contributed by atoms with Gasteiger partial charge in [0.15, 0.2) is 29.9 Å². The summed E-state index contributed by atoms with van der Waals surface area (Å²) in [6.07, 6.45) is -14.1. The summed E-state index contributed by atoms with van der Waals surface area (Å²) in [6.45, 7) is -2.47. The van der Waals surface area contributed by atoms with Crippen LogP contribution >= 0.6 is 26.1 Å². The number of anilines is 1. The number of nitrogens with two attached hydrogens (primary N) is 1. The van der Waals surface area contributed by atoms with Crippen LogP contribution in [0, 0.1) is 0 Å². The largest absolute Gasteiger partial charge is 0.481 e. The molecule has 2 aliphatic rings. The molecule has 0 spiro atoms. The number of carbonyl (C=O) groups excluding carboxylic acids is 3. The van der Waals surface area contributed by atoms with Gasteiger partial charge in [0.25, 0.3) is 0 Å². The average molecular weight is 824 g/mol. The number of alkyl halides is 2. The number of carbonyl (C=O) groups is 3. The lowest BCUT2D eigenvalue weighted by atomic mass is 9.90. The van der Waals surface area contributed by atoms with E-state index in [9.17, 15) is 33.8 Å². The average Bonchev–Trinajstić information content (AvgIpc) is 3.55. The zero-order valence-corrected chi connectivity index (χ0v) is 31.7.